The van der Waals surface area contributed by atoms with Crippen LogP contribution in [-0.2, 0) is 13.2 Å². The molecule has 11 heteroatoms. The van der Waals surface area contributed by atoms with Crippen molar-refractivity contribution in [1.82, 2.24) is 20.2 Å². The maximum atomic E-state index is 13.3. The van der Waals surface area contributed by atoms with Crippen molar-refractivity contribution in [2.75, 3.05) is 6.54 Å². The summed E-state index contributed by atoms with van der Waals surface area (Å²) in [6.45, 7) is 0.808. The molecule has 0 unspecified atom stereocenters. The maximum absolute atomic E-state index is 13.3. The van der Waals surface area contributed by atoms with Crippen LogP contribution in [0.3, 0.4) is 0 Å². The molecule has 2 N–H and O–H groups in total. The number of aryl methyl sites for hydroxylation is 1. The Morgan fingerprint density at radius 3 is 2.57 bits per heavy atom. The number of hydrogen-bond acceptors (Lipinski definition) is 3. The van der Waals surface area contributed by atoms with Gasteiger partial charge in [-0.05, 0) is 43.1 Å². The first-order valence-electron chi connectivity index (χ1n) is 10.7. The second kappa shape index (κ2) is 12.1. The van der Waals surface area contributed by atoms with E-state index in [0.29, 0.717) is 0 Å². The van der Waals surface area contributed by atoms with Gasteiger partial charge in [-0.1, -0.05) is 42.3 Å². The van der Waals surface area contributed by atoms with E-state index in [0.717, 1.165) is 48.7 Å². The van der Waals surface area contributed by atoms with Crippen molar-refractivity contribution in [2.45, 2.75) is 37.5 Å². The van der Waals surface area contributed by atoms with E-state index in [2.05, 4.69) is 15.6 Å². The van der Waals surface area contributed by atoms with Crippen molar-refractivity contribution in [1.29, 1.82) is 0 Å². The van der Waals surface area contributed by atoms with Gasteiger partial charge in [0.2, 0.25) is 0 Å². The summed E-state index contributed by atoms with van der Waals surface area (Å²) in [6, 6.07) is 10.6. The molecule has 1 aliphatic heterocycles. The predicted octanol–water partition coefficient (Wildman–Crippen LogP) is 6.22. The number of rotatable bonds is 5. The number of alkyl halides is 3. The summed E-state index contributed by atoms with van der Waals surface area (Å²) in [7, 11) is 1.90. The van der Waals surface area contributed by atoms with E-state index in [9.17, 15) is 18.0 Å². The zero-order chi connectivity index (χ0) is 23.6. The first-order chi connectivity index (χ1) is 15.8. The summed E-state index contributed by atoms with van der Waals surface area (Å²) < 4.78 is 41.8. The number of piperidine rings is 1. The van der Waals surface area contributed by atoms with Gasteiger partial charge in [-0.3, -0.25) is 4.79 Å². The van der Waals surface area contributed by atoms with E-state index in [1.165, 1.54) is 12.1 Å². The van der Waals surface area contributed by atoms with Gasteiger partial charge in [-0.25, -0.2) is 4.98 Å². The maximum Gasteiger partial charge on any atom is 0.417 e. The van der Waals surface area contributed by atoms with Crippen molar-refractivity contribution in [2.24, 2.45) is 7.05 Å². The van der Waals surface area contributed by atoms with Gasteiger partial charge in [-0.2, -0.15) is 13.2 Å². The molecule has 5 nitrogen and oxygen atoms in total. The third-order valence-electron chi connectivity index (χ3n) is 5.94. The SMILES string of the molecule is Cl.Cl.Cn1cncc1-c1cccc([C@H](NC(=O)c2cccc(C(F)(F)F)c2Cl)[C@@H]2CCCCN2)c1. The highest BCUT2D eigenvalue weighted by Crippen LogP contribution is 2.36. The molecule has 0 radical (unpaired) electrons. The lowest BCUT2D eigenvalue weighted by Gasteiger charge is -2.32. The molecule has 190 valence electrons. The molecule has 2 heterocycles. The van der Waals surface area contributed by atoms with Crippen LogP contribution in [0.15, 0.2) is 55.0 Å². The Morgan fingerprint density at radius 2 is 1.94 bits per heavy atom. The van der Waals surface area contributed by atoms with Crippen LogP contribution in [0.4, 0.5) is 13.2 Å². The lowest BCUT2D eigenvalue weighted by Crippen LogP contribution is -2.46. The van der Waals surface area contributed by atoms with Gasteiger partial charge < -0.3 is 15.2 Å². The van der Waals surface area contributed by atoms with Crippen LogP contribution in [-0.4, -0.2) is 28.0 Å². The van der Waals surface area contributed by atoms with Crippen LogP contribution >= 0.6 is 36.4 Å². The molecule has 2 atom stereocenters. The van der Waals surface area contributed by atoms with Gasteiger partial charge in [0.05, 0.1) is 40.4 Å². The van der Waals surface area contributed by atoms with E-state index >= 15 is 0 Å². The summed E-state index contributed by atoms with van der Waals surface area (Å²) >= 11 is 6.01. The molecular weight excluding hydrogens is 524 g/mol. The smallest absolute Gasteiger partial charge is 0.344 e. The lowest BCUT2D eigenvalue weighted by molar-refractivity contribution is -0.137. The average molecular weight is 550 g/mol. The Kier molecular flexibility index (Phi) is 10.0. The minimum Gasteiger partial charge on any atom is -0.344 e. The molecule has 3 aromatic rings. The first kappa shape index (κ1) is 29.0. The zero-order valence-electron chi connectivity index (χ0n) is 18.8. The standard InChI is InChI=1S/C24H24ClF3N4O.2ClH/c1-32-14-29-13-20(32)15-6-4-7-16(12-15)22(19-10-2-3-11-30-19)31-23(33)17-8-5-9-18(21(17)25)24(26,27)28;;/h4-9,12-14,19,22,30H,2-3,10-11H2,1H3,(H,31,33);2*1H/t19-,22-;;/m0../s1. The van der Waals surface area contributed by atoms with Gasteiger partial charge in [0.15, 0.2) is 0 Å². The van der Waals surface area contributed by atoms with Crippen LogP contribution < -0.4 is 10.6 Å². The molecule has 1 aliphatic rings. The van der Waals surface area contributed by atoms with Crippen LogP contribution in [0.5, 0.6) is 0 Å². The van der Waals surface area contributed by atoms with E-state index in [4.69, 9.17) is 11.6 Å². The number of benzene rings is 2. The second-order valence-corrected chi connectivity index (χ2v) is 8.57. The Morgan fingerprint density at radius 1 is 1.20 bits per heavy atom. The minimum absolute atomic E-state index is 0. The van der Waals surface area contributed by atoms with Crippen molar-refractivity contribution in [3.63, 3.8) is 0 Å². The number of nitrogens with one attached hydrogen (secondary N) is 2. The molecule has 1 amide bonds. The molecule has 0 aliphatic carbocycles. The molecule has 35 heavy (non-hydrogen) atoms. The van der Waals surface area contributed by atoms with Gasteiger partial charge in [0.25, 0.3) is 5.91 Å². The molecule has 4 rings (SSSR count). The molecule has 0 spiro atoms. The largest absolute Gasteiger partial charge is 0.417 e. The van der Waals surface area contributed by atoms with Crippen LogP contribution in [0.25, 0.3) is 11.3 Å². The third kappa shape index (κ3) is 6.50. The number of hydrogen-bond donors (Lipinski definition) is 2. The van der Waals surface area contributed by atoms with E-state index in [1.54, 1.807) is 12.5 Å². The Hall–Kier alpha value is -2.26. The van der Waals surface area contributed by atoms with E-state index < -0.39 is 28.7 Å². The predicted molar refractivity (Wildman–Crippen MR) is 135 cm³/mol. The first-order valence-corrected chi connectivity index (χ1v) is 11.1. The fraction of sp³-hybridized carbons (Fsp3) is 0.333. The number of amides is 1. The van der Waals surface area contributed by atoms with Gasteiger partial charge in [-0.15, -0.1) is 24.8 Å². The van der Waals surface area contributed by atoms with Gasteiger partial charge >= 0.3 is 6.18 Å². The number of carbonyl (C=O) groups excluding carboxylic acids is 1. The van der Waals surface area contributed by atoms with Gasteiger partial charge in [0, 0.05) is 18.7 Å². The second-order valence-electron chi connectivity index (χ2n) is 8.19. The number of aromatic nitrogens is 2. The number of nitrogens with zero attached hydrogens (tertiary/aromatic N) is 2. The van der Waals surface area contributed by atoms with Crippen LogP contribution in [0, 0.1) is 0 Å². The molecular formula is C24H26Cl3F3N4O. The van der Waals surface area contributed by atoms with Gasteiger partial charge in [0.1, 0.15) is 0 Å². The number of carbonyl (C=O) groups is 1. The van der Waals surface area contributed by atoms with Crippen LogP contribution in [0.2, 0.25) is 5.02 Å². The zero-order valence-corrected chi connectivity index (χ0v) is 21.2. The number of imidazole rings is 1. The van der Waals surface area contributed by atoms with Crippen molar-refractivity contribution >= 4 is 42.3 Å². The summed E-state index contributed by atoms with van der Waals surface area (Å²) in [5.74, 6) is -0.644. The quantitative estimate of drug-likeness (QED) is 0.397. The monoisotopic (exact) mass is 548 g/mol. The highest BCUT2D eigenvalue weighted by atomic mass is 35.5. The summed E-state index contributed by atoms with van der Waals surface area (Å²) in [4.78, 5) is 17.3. The summed E-state index contributed by atoms with van der Waals surface area (Å²) in [5, 5.41) is 5.80. The molecule has 0 saturated carbocycles. The number of halogens is 6. The Labute approximate surface area is 219 Å². The lowest BCUT2D eigenvalue weighted by atomic mass is 9.91. The van der Waals surface area contributed by atoms with Crippen molar-refractivity contribution in [3.05, 3.63) is 76.7 Å². The molecule has 1 saturated heterocycles. The molecule has 0 bridgehead atoms. The van der Waals surface area contributed by atoms with E-state index in [-0.39, 0.29) is 36.4 Å². The van der Waals surface area contributed by atoms with Crippen molar-refractivity contribution < 1.29 is 18.0 Å². The molecule has 1 fully saturated rings. The topological polar surface area (TPSA) is 59.0 Å². The Bertz CT molecular complexity index is 1150. The normalized spacial score (nSPS) is 16.5. The molecule has 1 aromatic heterocycles. The summed E-state index contributed by atoms with van der Waals surface area (Å²) in [6.07, 6.45) is 1.68. The van der Waals surface area contributed by atoms with Crippen molar-refractivity contribution in [3.8, 4) is 11.3 Å². The highest BCUT2D eigenvalue weighted by molar-refractivity contribution is 6.34. The van der Waals surface area contributed by atoms with E-state index in [1.807, 2.05) is 35.9 Å². The fourth-order valence-corrected chi connectivity index (χ4v) is 4.57. The third-order valence-corrected chi connectivity index (χ3v) is 6.35. The fourth-order valence-electron chi connectivity index (χ4n) is 4.25. The highest BCUT2D eigenvalue weighted by Gasteiger charge is 2.35. The van der Waals surface area contributed by atoms with Crippen LogP contribution in [0.1, 0.15) is 46.8 Å². The molecule has 2 aromatic carbocycles. The Balaban J connectivity index is 0.00000216. The minimum atomic E-state index is -4.64. The summed E-state index contributed by atoms with van der Waals surface area (Å²) in [5.41, 5.74) is 1.47. The average Bonchev–Trinajstić information content (AvgIpc) is 3.23.